The highest BCUT2D eigenvalue weighted by Crippen LogP contribution is 2.23. The summed E-state index contributed by atoms with van der Waals surface area (Å²) in [6, 6.07) is 6.30. The van der Waals surface area contributed by atoms with E-state index in [4.69, 9.17) is 0 Å². The Kier molecular flexibility index (Phi) is 6.35. The van der Waals surface area contributed by atoms with Gasteiger partial charge in [-0.25, -0.2) is 9.37 Å². The standard InChI is InChI=1S/C20H26FN3OS/c1-15(2)20-22-9-12-24(20)13-16-7-10-23(11-8-16)19(25)14-26-18-5-3-17(21)4-6-18/h3-6,9,12,15-16H,7-8,10-11,13-14H2,1-2H3. The van der Waals surface area contributed by atoms with E-state index in [2.05, 4.69) is 29.6 Å². The van der Waals surface area contributed by atoms with Crippen LogP contribution in [0.1, 0.15) is 38.4 Å². The lowest BCUT2D eigenvalue weighted by Crippen LogP contribution is -2.40. The fourth-order valence-corrected chi connectivity index (χ4v) is 4.19. The van der Waals surface area contributed by atoms with Gasteiger partial charge in [-0.05, 0) is 43.0 Å². The highest BCUT2D eigenvalue weighted by atomic mass is 32.2. The highest BCUT2D eigenvalue weighted by Gasteiger charge is 2.23. The predicted molar refractivity (Wildman–Crippen MR) is 103 cm³/mol. The van der Waals surface area contributed by atoms with Crippen molar-refractivity contribution in [2.45, 2.75) is 44.0 Å². The number of hydrogen-bond acceptors (Lipinski definition) is 3. The molecule has 2 aromatic rings. The molecule has 4 nitrogen and oxygen atoms in total. The Morgan fingerprint density at radius 3 is 2.62 bits per heavy atom. The van der Waals surface area contributed by atoms with Gasteiger partial charge < -0.3 is 9.47 Å². The minimum Gasteiger partial charge on any atom is -0.342 e. The number of imidazole rings is 1. The molecule has 6 heteroatoms. The number of thioether (sulfide) groups is 1. The minimum atomic E-state index is -0.249. The van der Waals surface area contributed by atoms with Crippen LogP contribution in [0.15, 0.2) is 41.6 Å². The summed E-state index contributed by atoms with van der Waals surface area (Å²) < 4.78 is 15.2. The fourth-order valence-electron chi connectivity index (χ4n) is 3.39. The molecule has 0 saturated carbocycles. The Morgan fingerprint density at radius 2 is 1.96 bits per heavy atom. The van der Waals surface area contributed by atoms with Crippen LogP contribution in [-0.4, -0.2) is 39.2 Å². The van der Waals surface area contributed by atoms with Crippen molar-refractivity contribution in [2.24, 2.45) is 5.92 Å². The SMILES string of the molecule is CC(C)c1nccn1CC1CCN(C(=O)CSc2ccc(F)cc2)CC1. The summed E-state index contributed by atoms with van der Waals surface area (Å²) in [5.74, 6) is 2.49. The summed E-state index contributed by atoms with van der Waals surface area (Å²) in [6.07, 6.45) is 6.00. The molecule has 0 unspecified atom stereocenters. The summed E-state index contributed by atoms with van der Waals surface area (Å²) >= 11 is 1.47. The Hall–Kier alpha value is -1.82. The normalized spacial score (nSPS) is 15.6. The van der Waals surface area contributed by atoms with Crippen LogP contribution in [0.3, 0.4) is 0 Å². The molecule has 0 atom stereocenters. The predicted octanol–water partition coefficient (Wildman–Crippen LogP) is 4.18. The molecule has 1 aromatic heterocycles. The molecule has 1 amide bonds. The highest BCUT2D eigenvalue weighted by molar-refractivity contribution is 8.00. The molecular formula is C20H26FN3OS. The maximum absolute atomic E-state index is 12.9. The van der Waals surface area contributed by atoms with Crippen molar-refractivity contribution in [1.29, 1.82) is 0 Å². The number of aromatic nitrogens is 2. The maximum Gasteiger partial charge on any atom is 0.232 e. The van der Waals surface area contributed by atoms with E-state index in [1.165, 1.54) is 23.9 Å². The molecule has 3 rings (SSSR count). The fraction of sp³-hybridized carbons (Fsp3) is 0.500. The second kappa shape index (κ2) is 8.71. The van der Waals surface area contributed by atoms with Gasteiger partial charge in [0.25, 0.3) is 0 Å². The second-order valence-corrected chi connectivity index (χ2v) is 8.21. The monoisotopic (exact) mass is 375 g/mol. The van der Waals surface area contributed by atoms with Crippen molar-refractivity contribution in [2.75, 3.05) is 18.8 Å². The first-order chi connectivity index (χ1) is 12.5. The van der Waals surface area contributed by atoms with Crippen LogP contribution in [0.5, 0.6) is 0 Å². The first-order valence-electron chi connectivity index (χ1n) is 9.20. The van der Waals surface area contributed by atoms with E-state index in [0.29, 0.717) is 17.6 Å². The van der Waals surface area contributed by atoms with Crippen LogP contribution in [0.4, 0.5) is 4.39 Å². The third kappa shape index (κ3) is 4.87. The number of benzene rings is 1. The smallest absolute Gasteiger partial charge is 0.232 e. The third-order valence-corrected chi connectivity index (χ3v) is 5.86. The summed E-state index contributed by atoms with van der Waals surface area (Å²) in [4.78, 5) is 19.8. The molecule has 1 aromatic carbocycles. The molecule has 2 heterocycles. The van der Waals surface area contributed by atoms with Gasteiger partial charge in [0, 0.05) is 42.8 Å². The topological polar surface area (TPSA) is 38.1 Å². The van der Waals surface area contributed by atoms with Gasteiger partial charge >= 0.3 is 0 Å². The number of piperidine rings is 1. The van der Waals surface area contributed by atoms with Crippen LogP contribution >= 0.6 is 11.8 Å². The van der Waals surface area contributed by atoms with Gasteiger partial charge in [-0.3, -0.25) is 4.79 Å². The molecule has 0 aliphatic carbocycles. The van der Waals surface area contributed by atoms with Crippen LogP contribution in [-0.2, 0) is 11.3 Å². The van der Waals surface area contributed by atoms with Gasteiger partial charge in [-0.15, -0.1) is 11.8 Å². The molecule has 1 aliphatic rings. The van der Waals surface area contributed by atoms with Gasteiger partial charge in [0.05, 0.1) is 5.75 Å². The van der Waals surface area contributed by atoms with Crippen LogP contribution < -0.4 is 0 Å². The van der Waals surface area contributed by atoms with E-state index >= 15 is 0 Å². The maximum atomic E-state index is 12.9. The van der Waals surface area contributed by atoms with Gasteiger partial charge in [-0.2, -0.15) is 0 Å². The number of amides is 1. The molecule has 0 radical (unpaired) electrons. The van der Waals surface area contributed by atoms with E-state index in [-0.39, 0.29) is 11.7 Å². The van der Waals surface area contributed by atoms with Gasteiger partial charge in [0.1, 0.15) is 11.6 Å². The lowest BCUT2D eigenvalue weighted by molar-refractivity contribution is -0.129. The molecule has 26 heavy (non-hydrogen) atoms. The van der Waals surface area contributed by atoms with Gasteiger partial charge in [-0.1, -0.05) is 13.8 Å². The molecule has 1 aliphatic heterocycles. The van der Waals surface area contributed by atoms with Crippen LogP contribution in [0.2, 0.25) is 0 Å². The van der Waals surface area contributed by atoms with Crippen LogP contribution in [0.25, 0.3) is 0 Å². The minimum absolute atomic E-state index is 0.170. The molecule has 1 fully saturated rings. The van der Waals surface area contributed by atoms with E-state index in [9.17, 15) is 9.18 Å². The number of rotatable bonds is 6. The summed E-state index contributed by atoms with van der Waals surface area (Å²) in [6.45, 7) is 6.95. The number of carbonyl (C=O) groups is 1. The quantitative estimate of drug-likeness (QED) is 0.711. The number of nitrogens with zero attached hydrogens (tertiary/aromatic N) is 3. The first-order valence-corrected chi connectivity index (χ1v) is 10.2. The molecular weight excluding hydrogens is 349 g/mol. The average Bonchev–Trinajstić information content (AvgIpc) is 3.10. The first kappa shape index (κ1) is 19.0. The molecule has 140 valence electrons. The molecule has 0 N–H and O–H groups in total. The van der Waals surface area contributed by atoms with Crippen molar-refractivity contribution in [3.63, 3.8) is 0 Å². The Balaban J connectivity index is 1.45. The lowest BCUT2D eigenvalue weighted by atomic mass is 9.96. The number of carbonyl (C=O) groups excluding carboxylic acids is 1. The Bertz CT molecular complexity index is 721. The summed E-state index contributed by atoms with van der Waals surface area (Å²) in [5.41, 5.74) is 0. The molecule has 0 bridgehead atoms. The van der Waals surface area contributed by atoms with Crippen LogP contribution in [0, 0.1) is 11.7 Å². The van der Waals surface area contributed by atoms with Crippen molar-refractivity contribution >= 4 is 17.7 Å². The number of hydrogen-bond donors (Lipinski definition) is 0. The van der Waals surface area contributed by atoms with E-state index in [1.807, 2.05) is 11.1 Å². The molecule has 0 spiro atoms. The van der Waals surface area contributed by atoms with Crippen molar-refractivity contribution in [3.8, 4) is 0 Å². The zero-order valence-electron chi connectivity index (χ0n) is 15.4. The van der Waals surface area contributed by atoms with Crippen molar-refractivity contribution in [3.05, 3.63) is 48.3 Å². The van der Waals surface area contributed by atoms with Gasteiger partial charge in [0.15, 0.2) is 0 Å². The largest absolute Gasteiger partial charge is 0.342 e. The molecule has 1 saturated heterocycles. The summed E-state index contributed by atoms with van der Waals surface area (Å²) in [7, 11) is 0. The number of halogens is 1. The zero-order chi connectivity index (χ0) is 18.5. The van der Waals surface area contributed by atoms with E-state index < -0.39 is 0 Å². The third-order valence-electron chi connectivity index (χ3n) is 4.86. The van der Waals surface area contributed by atoms with Crippen molar-refractivity contribution in [1.82, 2.24) is 14.5 Å². The van der Waals surface area contributed by atoms with Gasteiger partial charge in [0.2, 0.25) is 5.91 Å². The lowest BCUT2D eigenvalue weighted by Gasteiger charge is -2.32. The van der Waals surface area contributed by atoms with E-state index in [1.54, 1.807) is 12.1 Å². The van der Waals surface area contributed by atoms with E-state index in [0.717, 1.165) is 43.2 Å². The second-order valence-electron chi connectivity index (χ2n) is 7.16. The average molecular weight is 376 g/mol. The van der Waals surface area contributed by atoms with Crippen molar-refractivity contribution < 1.29 is 9.18 Å². The Morgan fingerprint density at radius 1 is 1.27 bits per heavy atom. The zero-order valence-corrected chi connectivity index (χ0v) is 16.2. The Labute approximate surface area is 158 Å². The number of likely N-dealkylation sites (tertiary alicyclic amines) is 1. The summed E-state index contributed by atoms with van der Waals surface area (Å²) in [5, 5.41) is 0.